The van der Waals surface area contributed by atoms with Gasteiger partial charge in [0, 0.05) is 18.1 Å². The second-order valence-electron chi connectivity index (χ2n) is 5.89. The van der Waals surface area contributed by atoms with Crippen LogP contribution in [0.4, 0.5) is 4.79 Å². The smallest absolute Gasteiger partial charge is 0.317 e. The average molecular weight is 279 g/mol. The molecule has 0 radical (unpaired) electrons. The molecule has 2 amide bonds. The number of urea groups is 1. The molecule has 2 unspecified atom stereocenters. The maximum absolute atomic E-state index is 12.5. The largest absolute Gasteiger partial charge is 0.321 e. The number of halogens is 1. The zero-order valence-electron chi connectivity index (χ0n) is 11.4. The fraction of sp³-hybridized carbons (Fsp3) is 0.533. The summed E-state index contributed by atoms with van der Waals surface area (Å²) in [6, 6.07) is 8.04. The van der Waals surface area contributed by atoms with Gasteiger partial charge in [-0.25, -0.2) is 4.79 Å². The number of carbonyl (C=O) groups is 1. The van der Waals surface area contributed by atoms with E-state index < -0.39 is 0 Å². The Labute approximate surface area is 119 Å². The fourth-order valence-electron chi connectivity index (χ4n) is 3.35. The van der Waals surface area contributed by atoms with Crippen molar-refractivity contribution in [1.29, 1.82) is 0 Å². The zero-order valence-corrected chi connectivity index (χ0v) is 12.2. The third-order valence-corrected chi connectivity index (χ3v) is 4.77. The lowest BCUT2D eigenvalue weighted by Crippen LogP contribution is -2.38. The van der Waals surface area contributed by atoms with Gasteiger partial charge < -0.3 is 9.80 Å². The van der Waals surface area contributed by atoms with Gasteiger partial charge in [0.2, 0.25) is 0 Å². The average Bonchev–Trinajstić information content (AvgIpc) is 2.86. The van der Waals surface area contributed by atoms with E-state index in [9.17, 15) is 4.79 Å². The van der Waals surface area contributed by atoms with E-state index in [1.165, 1.54) is 0 Å². The first-order valence-corrected chi connectivity index (χ1v) is 7.23. The molecule has 1 aromatic rings. The van der Waals surface area contributed by atoms with E-state index >= 15 is 0 Å². The van der Waals surface area contributed by atoms with Gasteiger partial charge in [-0.3, -0.25) is 0 Å². The molecule has 2 saturated heterocycles. The number of amides is 2. The summed E-state index contributed by atoms with van der Waals surface area (Å²) in [6.07, 6.45) is 2.24. The van der Waals surface area contributed by atoms with E-state index in [2.05, 4.69) is 13.8 Å². The van der Waals surface area contributed by atoms with Crippen LogP contribution in [0.15, 0.2) is 24.3 Å². The monoisotopic (exact) mass is 278 g/mol. The summed E-state index contributed by atoms with van der Waals surface area (Å²) < 4.78 is 0. The molecule has 0 aliphatic carbocycles. The number of hydrogen-bond acceptors (Lipinski definition) is 1. The molecule has 2 fully saturated rings. The van der Waals surface area contributed by atoms with E-state index in [1.807, 2.05) is 34.1 Å². The molecule has 0 N–H and O–H groups in total. The second-order valence-corrected chi connectivity index (χ2v) is 6.33. The molecule has 0 aromatic heterocycles. The molecule has 0 spiro atoms. The van der Waals surface area contributed by atoms with Gasteiger partial charge in [-0.1, -0.05) is 23.7 Å². The van der Waals surface area contributed by atoms with Crippen molar-refractivity contribution in [2.45, 2.75) is 38.3 Å². The Morgan fingerprint density at radius 2 is 2.21 bits per heavy atom. The molecule has 3 rings (SSSR count). The van der Waals surface area contributed by atoms with E-state index in [4.69, 9.17) is 11.6 Å². The second kappa shape index (κ2) is 4.41. The Morgan fingerprint density at radius 1 is 1.42 bits per heavy atom. The predicted octanol–water partition coefficient (Wildman–Crippen LogP) is 3.69. The SMILES string of the molecule is CC(c1cccc(Cl)c1)N1CC2(C)CCCN2C1=O. The Kier molecular flexibility index (Phi) is 2.97. The Morgan fingerprint density at radius 3 is 2.89 bits per heavy atom. The van der Waals surface area contributed by atoms with Crippen LogP contribution in [-0.2, 0) is 0 Å². The fourth-order valence-corrected chi connectivity index (χ4v) is 3.55. The highest BCUT2D eigenvalue weighted by molar-refractivity contribution is 6.30. The number of hydrogen-bond donors (Lipinski definition) is 0. The molecule has 2 atom stereocenters. The highest BCUT2D eigenvalue weighted by Crippen LogP contribution is 2.39. The molecule has 3 nitrogen and oxygen atoms in total. The molecule has 0 bridgehead atoms. The molecule has 102 valence electrons. The van der Waals surface area contributed by atoms with Crippen molar-refractivity contribution in [2.75, 3.05) is 13.1 Å². The molecule has 19 heavy (non-hydrogen) atoms. The molecule has 2 aliphatic heterocycles. The maximum atomic E-state index is 12.5. The van der Waals surface area contributed by atoms with Crippen molar-refractivity contribution in [3.05, 3.63) is 34.9 Å². The van der Waals surface area contributed by atoms with E-state index in [0.717, 1.165) is 36.5 Å². The molecule has 0 saturated carbocycles. The minimum absolute atomic E-state index is 0.0317. The third kappa shape index (κ3) is 2.00. The zero-order chi connectivity index (χ0) is 13.6. The highest BCUT2D eigenvalue weighted by Gasteiger charge is 2.50. The van der Waals surface area contributed by atoms with Crippen LogP contribution in [0.2, 0.25) is 5.02 Å². The number of nitrogens with zero attached hydrogens (tertiary/aromatic N) is 2. The van der Waals surface area contributed by atoms with Crippen LogP contribution in [-0.4, -0.2) is 34.5 Å². The van der Waals surface area contributed by atoms with Gasteiger partial charge in [-0.2, -0.15) is 0 Å². The van der Waals surface area contributed by atoms with Gasteiger partial charge in [-0.05, 0) is 44.4 Å². The lowest BCUT2D eigenvalue weighted by Gasteiger charge is -2.26. The summed E-state index contributed by atoms with van der Waals surface area (Å²) in [6.45, 7) is 5.99. The van der Waals surface area contributed by atoms with Crippen LogP contribution in [0.25, 0.3) is 0 Å². The van der Waals surface area contributed by atoms with E-state index in [-0.39, 0.29) is 17.6 Å². The first-order valence-electron chi connectivity index (χ1n) is 6.85. The first kappa shape index (κ1) is 12.8. The quantitative estimate of drug-likeness (QED) is 0.809. The number of fused-ring (bicyclic) bond motifs is 1. The number of benzene rings is 1. The van der Waals surface area contributed by atoms with Crippen molar-refractivity contribution < 1.29 is 4.79 Å². The Hall–Kier alpha value is -1.22. The lowest BCUT2D eigenvalue weighted by molar-refractivity contribution is 0.178. The Balaban J connectivity index is 1.86. The van der Waals surface area contributed by atoms with Crippen molar-refractivity contribution in [3.8, 4) is 0 Å². The van der Waals surface area contributed by atoms with Gasteiger partial charge in [0.25, 0.3) is 0 Å². The van der Waals surface area contributed by atoms with Crippen LogP contribution in [0.3, 0.4) is 0 Å². The van der Waals surface area contributed by atoms with Gasteiger partial charge in [0.05, 0.1) is 11.6 Å². The van der Waals surface area contributed by atoms with Crippen molar-refractivity contribution in [3.63, 3.8) is 0 Å². The number of rotatable bonds is 2. The van der Waals surface area contributed by atoms with Crippen LogP contribution in [0, 0.1) is 0 Å². The topological polar surface area (TPSA) is 23.6 Å². The van der Waals surface area contributed by atoms with E-state index in [0.29, 0.717) is 0 Å². The van der Waals surface area contributed by atoms with Crippen LogP contribution in [0.1, 0.15) is 38.3 Å². The molecular formula is C15H19ClN2O. The summed E-state index contributed by atoms with van der Waals surface area (Å²) >= 11 is 6.04. The number of carbonyl (C=O) groups excluding carboxylic acids is 1. The summed E-state index contributed by atoms with van der Waals surface area (Å²) in [7, 11) is 0. The third-order valence-electron chi connectivity index (χ3n) is 4.53. The van der Waals surface area contributed by atoms with Crippen molar-refractivity contribution in [2.24, 2.45) is 0 Å². The minimum atomic E-state index is 0.0317. The summed E-state index contributed by atoms with van der Waals surface area (Å²) in [5.41, 5.74) is 1.13. The predicted molar refractivity (Wildman–Crippen MR) is 76.3 cm³/mol. The molecule has 1 aromatic carbocycles. The standard InChI is InChI=1S/C15H19ClN2O/c1-11(12-5-3-6-13(16)9-12)17-10-15(2)7-4-8-18(15)14(17)19/h3,5-6,9,11H,4,7-8,10H2,1-2H3. The maximum Gasteiger partial charge on any atom is 0.321 e. The van der Waals surface area contributed by atoms with Gasteiger partial charge >= 0.3 is 6.03 Å². The first-order chi connectivity index (χ1) is 9.01. The molecule has 4 heteroatoms. The summed E-state index contributed by atoms with van der Waals surface area (Å²) in [5.74, 6) is 0. The minimum Gasteiger partial charge on any atom is -0.317 e. The van der Waals surface area contributed by atoms with E-state index in [1.54, 1.807) is 0 Å². The van der Waals surface area contributed by atoms with Crippen LogP contribution in [0.5, 0.6) is 0 Å². The molecule has 2 heterocycles. The normalized spacial score (nSPS) is 27.8. The van der Waals surface area contributed by atoms with Crippen molar-refractivity contribution >= 4 is 17.6 Å². The van der Waals surface area contributed by atoms with Crippen LogP contribution < -0.4 is 0 Å². The Bertz CT molecular complexity index is 519. The lowest BCUT2D eigenvalue weighted by atomic mass is 9.99. The van der Waals surface area contributed by atoms with Gasteiger partial charge in [0.1, 0.15) is 0 Å². The van der Waals surface area contributed by atoms with Gasteiger partial charge in [0.15, 0.2) is 0 Å². The summed E-state index contributed by atoms with van der Waals surface area (Å²) in [4.78, 5) is 16.5. The van der Waals surface area contributed by atoms with Crippen LogP contribution >= 0.6 is 11.6 Å². The highest BCUT2D eigenvalue weighted by atomic mass is 35.5. The molecule has 2 aliphatic rings. The van der Waals surface area contributed by atoms with Crippen molar-refractivity contribution in [1.82, 2.24) is 9.80 Å². The van der Waals surface area contributed by atoms with Gasteiger partial charge in [-0.15, -0.1) is 0 Å². The summed E-state index contributed by atoms with van der Waals surface area (Å²) in [5, 5.41) is 0.725. The molecular weight excluding hydrogens is 260 g/mol.